The van der Waals surface area contributed by atoms with Crippen LogP contribution in [-0.2, 0) is 0 Å². The van der Waals surface area contributed by atoms with Crippen LogP contribution in [-0.4, -0.2) is 31.8 Å². The quantitative estimate of drug-likeness (QED) is 0.361. The third kappa shape index (κ3) is 3.80. The second kappa shape index (κ2) is 7.70. The summed E-state index contributed by atoms with van der Waals surface area (Å²) >= 11 is 5.01. The van der Waals surface area contributed by atoms with Crippen molar-refractivity contribution in [3.05, 3.63) is 80.9 Å². The number of aromatic hydroxyl groups is 1. The summed E-state index contributed by atoms with van der Waals surface area (Å²) in [5.74, 6) is -1.80. The molecule has 3 aromatic rings. The minimum absolute atomic E-state index is 0.0493. The molecule has 136 valence electrons. The van der Waals surface area contributed by atoms with Gasteiger partial charge in [-0.25, -0.2) is 9.82 Å². The maximum Gasteiger partial charge on any atom is 0.271 e. The maximum atomic E-state index is 14.0. The summed E-state index contributed by atoms with van der Waals surface area (Å²) in [5.41, 5.74) is 1.43. The van der Waals surface area contributed by atoms with Crippen LogP contribution in [0.4, 0.5) is 4.39 Å². The molecule has 0 atom stereocenters. The summed E-state index contributed by atoms with van der Waals surface area (Å²) < 4.78 is 14.8. The molecule has 0 saturated carbocycles. The number of aromatic nitrogens is 3. The van der Waals surface area contributed by atoms with Crippen LogP contribution in [0, 0.1) is 10.6 Å². The van der Waals surface area contributed by atoms with E-state index in [1.54, 1.807) is 6.07 Å². The molecule has 1 aromatic carbocycles. The van der Waals surface area contributed by atoms with Crippen molar-refractivity contribution in [3.63, 3.8) is 0 Å². The first-order chi connectivity index (χ1) is 13.0. The van der Waals surface area contributed by atoms with Crippen molar-refractivity contribution in [1.29, 1.82) is 0 Å². The lowest BCUT2D eigenvalue weighted by molar-refractivity contribution is 0.0955. The van der Waals surface area contributed by atoms with Crippen molar-refractivity contribution >= 4 is 24.3 Å². The molecule has 2 aromatic heterocycles. The highest BCUT2D eigenvalue weighted by Crippen LogP contribution is 2.20. The molecular formula is C17H12FN5O3S. The Bertz CT molecular complexity index is 1140. The number of nitrogens with one attached hydrogen (secondary N) is 2. The van der Waals surface area contributed by atoms with Gasteiger partial charge in [-0.3, -0.25) is 24.1 Å². The molecule has 2 heterocycles. The number of hydrogen-bond donors (Lipinski definition) is 3. The summed E-state index contributed by atoms with van der Waals surface area (Å²) in [5, 5.41) is 14.1. The number of nitrogens with zero attached hydrogens (tertiary/aromatic N) is 3. The Morgan fingerprint density at radius 2 is 2.00 bits per heavy atom. The number of carbonyl (C=O) groups is 1. The Hall–Kier alpha value is -3.66. The van der Waals surface area contributed by atoms with E-state index >= 15 is 0 Å². The van der Waals surface area contributed by atoms with Gasteiger partial charge in [-0.15, -0.1) is 0 Å². The van der Waals surface area contributed by atoms with Gasteiger partial charge in [0.15, 0.2) is 4.77 Å². The van der Waals surface area contributed by atoms with Crippen LogP contribution in [0.1, 0.15) is 15.9 Å². The number of hydrogen-bond acceptors (Lipinski definition) is 6. The third-order valence-electron chi connectivity index (χ3n) is 3.52. The standard InChI is InChI=1S/C17H12FN5O3S/c18-12-3-1-2-4-13(12)23-16(26)11(15(25)21-17(23)27)9-20-22-14(24)10-5-7-19-8-6-10/h1-9,26H,(H,22,24)(H,21,25,27)/b20-9-. The Morgan fingerprint density at radius 1 is 1.30 bits per heavy atom. The van der Waals surface area contributed by atoms with Crippen LogP contribution in [0.3, 0.4) is 0 Å². The van der Waals surface area contributed by atoms with Gasteiger partial charge in [0, 0.05) is 18.0 Å². The Labute approximate surface area is 156 Å². The minimum atomic E-state index is -0.744. The molecule has 3 N–H and O–H groups in total. The second-order valence-corrected chi connectivity index (χ2v) is 5.61. The van der Waals surface area contributed by atoms with Gasteiger partial charge in [0.1, 0.15) is 11.4 Å². The van der Waals surface area contributed by atoms with Crippen molar-refractivity contribution in [2.24, 2.45) is 5.10 Å². The average Bonchev–Trinajstić information content (AvgIpc) is 2.66. The number of H-pyrrole nitrogens is 1. The monoisotopic (exact) mass is 385 g/mol. The molecule has 10 heteroatoms. The Kier molecular flexibility index (Phi) is 5.18. The van der Waals surface area contributed by atoms with E-state index in [0.717, 1.165) is 10.8 Å². The van der Waals surface area contributed by atoms with Crippen molar-refractivity contribution in [1.82, 2.24) is 20.0 Å². The topological polar surface area (TPSA) is 112 Å². The maximum absolute atomic E-state index is 14.0. The average molecular weight is 385 g/mol. The normalized spacial score (nSPS) is 10.9. The van der Waals surface area contributed by atoms with Crippen LogP contribution in [0.2, 0.25) is 0 Å². The third-order valence-corrected chi connectivity index (χ3v) is 3.80. The largest absolute Gasteiger partial charge is 0.494 e. The highest BCUT2D eigenvalue weighted by atomic mass is 32.1. The smallest absolute Gasteiger partial charge is 0.271 e. The first kappa shape index (κ1) is 18.1. The fourth-order valence-corrected chi connectivity index (χ4v) is 2.51. The van der Waals surface area contributed by atoms with E-state index < -0.39 is 23.2 Å². The molecule has 0 aliphatic carbocycles. The molecule has 3 rings (SSSR count). The molecule has 0 radical (unpaired) electrons. The SMILES string of the molecule is O=C(N/N=C\c1c(O)n(-c2ccccc2F)c(=S)[nH]c1=O)c1ccncc1. The number of rotatable bonds is 4. The van der Waals surface area contributed by atoms with Gasteiger partial charge in [0.2, 0.25) is 5.88 Å². The van der Waals surface area contributed by atoms with Gasteiger partial charge in [-0.1, -0.05) is 12.1 Å². The van der Waals surface area contributed by atoms with Crippen LogP contribution >= 0.6 is 12.2 Å². The second-order valence-electron chi connectivity index (χ2n) is 5.22. The first-order valence-corrected chi connectivity index (χ1v) is 7.96. The lowest BCUT2D eigenvalue weighted by Gasteiger charge is -2.11. The molecule has 1 amide bonds. The zero-order valence-corrected chi connectivity index (χ0v) is 14.4. The highest BCUT2D eigenvalue weighted by Gasteiger charge is 2.15. The van der Waals surface area contributed by atoms with E-state index in [1.165, 1.54) is 42.7 Å². The van der Waals surface area contributed by atoms with Gasteiger partial charge >= 0.3 is 0 Å². The van der Waals surface area contributed by atoms with Gasteiger partial charge in [0.05, 0.1) is 11.9 Å². The van der Waals surface area contributed by atoms with Crippen molar-refractivity contribution < 1.29 is 14.3 Å². The summed E-state index contributed by atoms with van der Waals surface area (Å²) in [4.78, 5) is 30.1. The molecule has 0 spiro atoms. The van der Waals surface area contributed by atoms with Gasteiger partial charge in [-0.05, 0) is 36.5 Å². The Morgan fingerprint density at radius 3 is 2.70 bits per heavy atom. The van der Waals surface area contributed by atoms with E-state index in [-0.39, 0.29) is 16.0 Å². The molecule has 0 saturated heterocycles. The first-order valence-electron chi connectivity index (χ1n) is 7.55. The number of amides is 1. The van der Waals surface area contributed by atoms with Crippen LogP contribution in [0.15, 0.2) is 58.7 Å². The summed E-state index contributed by atoms with van der Waals surface area (Å²) in [6, 6.07) is 8.55. The summed E-state index contributed by atoms with van der Waals surface area (Å²) in [7, 11) is 0. The number of para-hydroxylation sites is 1. The van der Waals surface area contributed by atoms with E-state index in [9.17, 15) is 19.1 Å². The lowest BCUT2D eigenvalue weighted by atomic mass is 10.2. The predicted octanol–water partition coefficient (Wildman–Crippen LogP) is 1.90. The molecule has 8 nitrogen and oxygen atoms in total. The zero-order valence-electron chi connectivity index (χ0n) is 13.6. The molecule has 0 fully saturated rings. The fraction of sp³-hybridized carbons (Fsp3) is 0. The molecule has 0 bridgehead atoms. The van der Waals surface area contributed by atoms with E-state index in [2.05, 4.69) is 20.5 Å². The molecule has 27 heavy (non-hydrogen) atoms. The summed E-state index contributed by atoms with van der Waals surface area (Å²) in [6.45, 7) is 0. The highest BCUT2D eigenvalue weighted by molar-refractivity contribution is 7.71. The number of halogens is 1. The van der Waals surface area contributed by atoms with E-state index in [0.29, 0.717) is 5.56 Å². The van der Waals surface area contributed by atoms with Gasteiger partial charge in [-0.2, -0.15) is 5.10 Å². The Balaban J connectivity index is 1.96. The minimum Gasteiger partial charge on any atom is -0.494 e. The molecule has 0 unspecified atom stereocenters. The molecule has 0 aliphatic rings. The van der Waals surface area contributed by atoms with Crippen molar-refractivity contribution in [2.45, 2.75) is 0 Å². The van der Waals surface area contributed by atoms with Crippen molar-refractivity contribution in [2.75, 3.05) is 0 Å². The number of hydrazone groups is 1. The summed E-state index contributed by atoms with van der Waals surface area (Å²) in [6.07, 6.45) is 3.82. The fourth-order valence-electron chi connectivity index (χ4n) is 2.23. The predicted molar refractivity (Wildman–Crippen MR) is 98.1 cm³/mol. The number of carbonyl (C=O) groups excluding carboxylic acids is 1. The van der Waals surface area contributed by atoms with E-state index in [1.807, 2.05) is 0 Å². The molecular weight excluding hydrogens is 373 g/mol. The van der Waals surface area contributed by atoms with Crippen LogP contribution in [0.25, 0.3) is 5.69 Å². The number of benzene rings is 1. The van der Waals surface area contributed by atoms with Gasteiger partial charge in [0.25, 0.3) is 11.5 Å². The zero-order chi connectivity index (χ0) is 19.4. The van der Waals surface area contributed by atoms with Gasteiger partial charge < -0.3 is 5.11 Å². The van der Waals surface area contributed by atoms with Crippen LogP contribution in [0.5, 0.6) is 5.88 Å². The number of aromatic amines is 1. The van der Waals surface area contributed by atoms with E-state index in [4.69, 9.17) is 12.2 Å². The molecule has 0 aliphatic heterocycles. The lowest BCUT2D eigenvalue weighted by Crippen LogP contribution is -2.21. The number of pyridine rings is 1. The van der Waals surface area contributed by atoms with Crippen molar-refractivity contribution in [3.8, 4) is 11.6 Å². The van der Waals surface area contributed by atoms with Crippen LogP contribution < -0.4 is 11.0 Å².